The van der Waals surface area contributed by atoms with Crippen molar-refractivity contribution in [3.8, 4) is 11.1 Å². The molecule has 2 aromatic rings. The van der Waals surface area contributed by atoms with Crippen molar-refractivity contribution in [2.45, 2.75) is 6.30 Å². The summed E-state index contributed by atoms with van der Waals surface area (Å²) in [6.45, 7) is -1.66. The Labute approximate surface area is 156 Å². The van der Waals surface area contributed by atoms with Gasteiger partial charge in [0.2, 0.25) is 11.6 Å². The first kappa shape index (κ1) is 25.5. The minimum atomic E-state index is -4.44. The van der Waals surface area contributed by atoms with Gasteiger partial charge in [-0.1, -0.05) is 0 Å². The molecule has 1 N–H and O–H groups in total. The van der Waals surface area contributed by atoms with E-state index in [2.05, 4.69) is 0 Å². The Morgan fingerprint density at radius 2 is 0.700 bits per heavy atom. The maximum atomic E-state index is 13.4. The van der Waals surface area contributed by atoms with E-state index in [0.29, 0.717) is 0 Å². The molecule has 0 amide bonds. The van der Waals surface area contributed by atoms with Crippen LogP contribution in [-0.2, 0) is 0 Å². The van der Waals surface area contributed by atoms with Crippen LogP contribution in [0.25, 0.3) is 11.1 Å². The highest BCUT2D eigenvalue weighted by molar-refractivity contribution is 5.67. The average molecular weight is 465 g/mol. The highest BCUT2D eigenvalue weighted by Gasteiger charge is 2.34. The van der Waals surface area contributed by atoms with Crippen LogP contribution in [0.5, 0.6) is 0 Å². The summed E-state index contributed by atoms with van der Waals surface area (Å²) in [6.07, 6.45) is -4.44. The monoisotopic (exact) mass is 465 g/mol. The van der Waals surface area contributed by atoms with Crippen LogP contribution < -0.4 is 5.32 Å². The molecule has 30 heavy (non-hydrogen) atoms. The molecule has 1 nitrogen and oxygen atoms in total. The van der Waals surface area contributed by atoms with Crippen molar-refractivity contribution in [1.29, 1.82) is 0 Å². The van der Waals surface area contributed by atoms with E-state index >= 15 is 0 Å². The molecule has 0 radical (unpaired) electrons. The van der Waals surface area contributed by atoms with Crippen LogP contribution in [-0.4, -0.2) is 19.5 Å². The zero-order chi connectivity index (χ0) is 23.5. The van der Waals surface area contributed by atoms with Crippen LogP contribution in [0.1, 0.15) is 0 Å². The van der Waals surface area contributed by atoms with Gasteiger partial charge in [-0.3, -0.25) is 0 Å². The van der Waals surface area contributed by atoms with E-state index in [4.69, 9.17) is 0 Å². The fourth-order valence-corrected chi connectivity index (χ4v) is 1.84. The normalized spacial score (nSPS) is 11.4. The maximum Gasteiger partial charge on any atom is 0.457 e. The van der Waals surface area contributed by atoms with Gasteiger partial charge in [0.25, 0.3) is 0 Å². The number of nitrogens with one attached hydrogen (secondary N) is 1. The molecule has 0 heterocycles. The number of hydrogen-bond acceptors (Lipinski definition) is 1. The molecule has 15 heteroatoms. The third-order valence-corrected chi connectivity index (χ3v) is 3.09. The molecular weight excluding hydrogens is 460 g/mol. The molecule has 0 aliphatic heterocycles. The van der Waals surface area contributed by atoms with Crippen LogP contribution in [0, 0.1) is 58.2 Å². The van der Waals surface area contributed by atoms with Crippen molar-refractivity contribution in [3.63, 3.8) is 0 Å². The summed E-state index contributed by atoms with van der Waals surface area (Å²) < 4.78 is 175. The summed E-state index contributed by atoms with van der Waals surface area (Å²) in [4.78, 5) is 0. The fourth-order valence-electron chi connectivity index (χ4n) is 1.84. The lowest BCUT2D eigenvalue weighted by Gasteiger charge is -2.11. The first-order valence-electron chi connectivity index (χ1n) is 7.08. The Hall–Kier alpha value is -2.58. The van der Waals surface area contributed by atoms with Crippen molar-refractivity contribution < 1.29 is 61.5 Å². The molecule has 2 rings (SSSR count). The second-order valence-corrected chi connectivity index (χ2v) is 5.00. The largest absolute Gasteiger partial charge is 0.457 e. The van der Waals surface area contributed by atoms with Gasteiger partial charge in [0.1, 0.15) is 6.67 Å². The Kier molecular flexibility index (Phi) is 8.05. The molecular formula is C15H5F14N. The molecule has 0 saturated heterocycles. The zero-order valence-electron chi connectivity index (χ0n) is 13.7. The number of benzene rings is 2. The number of rotatable bonds is 3. The molecule has 0 aliphatic rings. The van der Waals surface area contributed by atoms with E-state index in [-0.39, 0.29) is 0 Å². The summed E-state index contributed by atoms with van der Waals surface area (Å²) in [6, 6.07) is 0. The summed E-state index contributed by atoms with van der Waals surface area (Å²) in [5, 5.41) is 0.997. The summed E-state index contributed by atoms with van der Waals surface area (Å²) >= 11 is 0. The number of halogens is 14. The molecule has 0 bridgehead atoms. The van der Waals surface area contributed by atoms with Gasteiger partial charge >= 0.3 is 6.30 Å². The maximum absolute atomic E-state index is 13.4. The standard InChI is InChI=1S/C12F10.C3H5F4N/c13-3-1(4(14)8(18)11(21)7(3)17)2-5(15)9(19)12(22)10(20)6(2)16;4-1-2-8-3(5,6)7/h;8H,1-2H2. The fraction of sp³-hybridized carbons (Fsp3) is 0.200. The number of alkyl halides is 4. The molecule has 0 fully saturated rings. The van der Waals surface area contributed by atoms with Crippen molar-refractivity contribution in [1.82, 2.24) is 5.32 Å². The van der Waals surface area contributed by atoms with E-state index in [9.17, 15) is 61.5 Å². The Balaban J connectivity index is 0.000000479. The second kappa shape index (κ2) is 9.49. The van der Waals surface area contributed by atoms with Crippen LogP contribution in [0.4, 0.5) is 61.5 Å². The Bertz CT molecular complexity index is 811. The van der Waals surface area contributed by atoms with Gasteiger partial charge in [-0.2, -0.15) is 13.2 Å². The molecule has 168 valence electrons. The van der Waals surface area contributed by atoms with Crippen LogP contribution in [0.3, 0.4) is 0 Å². The van der Waals surface area contributed by atoms with Gasteiger partial charge in [0.05, 0.1) is 11.1 Å². The predicted octanol–water partition coefficient (Wildman–Crippen LogP) is 5.81. The molecule has 0 unspecified atom stereocenters. The molecule has 2 aromatic carbocycles. The highest BCUT2D eigenvalue weighted by atomic mass is 19.4. The van der Waals surface area contributed by atoms with Crippen LogP contribution in [0.15, 0.2) is 0 Å². The first-order chi connectivity index (χ1) is 13.7. The summed E-state index contributed by atoms with van der Waals surface area (Å²) in [5.74, 6) is -26.6. The zero-order valence-corrected chi connectivity index (χ0v) is 13.7. The number of hydrogen-bond donors (Lipinski definition) is 1. The van der Waals surface area contributed by atoms with E-state index < -0.39 is 88.8 Å². The molecule has 0 atom stereocenters. The Morgan fingerprint density at radius 3 is 0.867 bits per heavy atom. The second-order valence-electron chi connectivity index (χ2n) is 5.00. The minimum Gasteiger partial charge on any atom is -0.250 e. The van der Waals surface area contributed by atoms with Gasteiger partial charge in [-0.15, -0.1) is 0 Å². The minimum absolute atomic E-state index is 0.663. The third-order valence-electron chi connectivity index (χ3n) is 3.09. The molecule has 0 aliphatic carbocycles. The van der Waals surface area contributed by atoms with E-state index in [0.717, 1.165) is 5.32 Å². The molecule has 0 aromatic heterocycles. The van der Waals surface area contributed by atoms with Gasteiger partial charge < -0.3 is 0 Å². The topological polar surface area (TPSA) is 12.0 Å². The lowest BCUT2D eigenvalue weighted by Crippen LogP contribution is -2.32. The van der Waals surface area contributed by atoms with Crippen molar-refractivity contribution in [2.75, 3.05) is 13.2 Å². The van der Waals surface area contributed by atoms with E-state index in [1.807, 2.05) is 0 Å². The average Bonchev–Trinajstić information content (AvgIpc) is 2.68. The van der Waals surface area contributed by atoms with Crippen LogP contribution in [0.2, 0.25) is 0 Å². The van der Waals surface area contributed by atoms with E-state index in [1.54, 1.807) is 0 Å². The molecule has 0 spiro atoms. The van der Waals surface area contributed by atoms with E-state index in [1.165, 1.54) is 0 Å². The summed E-state index contributed by atoms with van der Waals surface area (Å²) in [7, 11) is 0. The van der Waals surface area contributed by atoms with Gasteiger partial charge in [-0.25, -0.2) is 53.6 Å². The van der Waals surface area contributed by atoms with Crippen molar-refractivity contribution >= 4 is 0 Å². The first-order valence-corrected chi connectivity index (χ1v) is 7.08. The smallest absolute Gasteiger partial charge is 0.250 e. The predicted molar refractivity (Wildman–Crippen MR) is 71.5 cm³/mol. The lowest BCUT2D eigenvalue weighted by atomic mass is 10.0. The SMILES string of the molecule is FCCNC(F)(F)F.Fc1c(F)c(F)c(-c2c(F)c(F)c(F)c(F)c2F)c(F)c1F. The Morgan fingerprint density at radius 1 is 0.467 bits per heavy atom. The van der Waals surface area contributed by atoms with Crippen molar-refractivity contribution in [2.24, 2.45) is 0 Å². The lowest BCUT2D eigenvalue weighted by molar-refractivity contribution is -0.157. The van der Waals surface area contributed by atoms with Gasteiger partial charge in [0.15, 0.2) is 46.5 Å². The quantitative estimate of drug-likeness (QED) is 0.261. The third kappa shape index (κ3) is 5.12. The van der Waals surface area contributed by atoms with Gasteiger partial charge in [-0.05, 0) is 0 Å². The van der Waals surface area contributed by atoms with Crippen molar-refractivity contribution in [3.05, 3.63) is 58.2 Å². The molecule has 0 saturated carbocycles. The summed E-state index contributed by atoms with van der Waals surface area (Å²) in [5.41, 5.74) is -4.52. The highest BCUT2D eigenvalue weighted by Crippen LogP contribution is 2.37. The van der Waals surface area contributed by atoms with Gasteiger partial charge in [0, 0.05) is 6.54 Å². The van der Waals surface area contributed by atoms with Crippen LogP contribution >= 0.6 is 0 Å².